The van der Waals surface area contributed by atoms with Gasteiger partial charge in [0.1, 0.15) is 10.6 Å². The van der Waals surface area contributed by atoms with E-state index in [0.29, 0.717) is 13.1 Å². The van der Waals surface area contributed by atoms with Crippen LogP contribution in [0.2, 0.25) is 0 Å². The molecule has 1 aromatic rings. The molecule has 0 saturated carbocycles. The SMILES string of the molecule is CC(CN(C)C(=O)c1cc(S(=O)(=O)N2CCCCC2)cn1C)C(=O)O. The van der Waals surface area contributed by atoms with Crippen LogP contribution in [0, 0.1) is 5.92 Å². The second-order valence-corrected chi connectivity index (χ2v) is 8.50. The van der Waals surface area contributed by atoms with Crippen LogP contribution in [0.5, 0.6) is 0 Å². The number of hydrogen-bond acceptors (Lipinski definition) is 4. The number of amides is 1. The largest absolute Gasteiger partial charge is 0.481 e. The van der Waals surface area contributed by atoms with Crippen LogP contribution < -0.4 is 0 Å². The van der Waals surface area contributed by atoms with Gasteiger partial charge in [0.15, 0.2) is 0 Å². The Balaban J connectivity index is 2.21. The molecule has 140 valence electrons. The van der Waals surface area contributed by atoms with E-state index in [1.807, 2.05) is 0 Å². The summed E-state index contributed by atoms with van der Waals surface area (Å²) < 4.78 is 28.4. The second kappa shape index (κ2) is 7.57. The van der Waals surface area contributed by atoms with Crippen LogP contribution in [0.25, 0.3) is 0 Å². The van der Waals surface area contributed by atoms with Crippen molar-refractivity contribution in [3.63, 3.8) is 0 Å². The topological polar surface area (TPSA) is 99.9 Å². The molecule has 1 unspecified atom stereocenters. The van der Waals surface area contributed by atoms with Gasteiger partial charge in [0, 0.05) is 39.9 Å². The standard InChI is InChI=1S/C16H25N3O5S/c1-12(16(21)22)10-18(3)15(20)14-9-13(11-17(14)2)25(23,24)19-7-5-4-6-8-19/h9,11-12H,4-8,10H2,1-3H3,(H,21,22). The zero-order valence-electron chi connectivity index (χ0n) is 14.8. The average Bonchev–Trinajstić information content (AvgIpc) is 2.97. The zero-order valence-corrected chi connectivity index (χ0v) is 15.6. The Bertz CT molecular complexity index is 750. The number of aromatic nitrogens is 1. The van der Waals surface area contributed by atoms with Crippen LogP contribution in [-0.4, -0.2) is 65.9 Å². The maximum absolute atomic E-state index is 12.7. The maximum Gasteiger partial charge on any atom is 0.308 e. The van der Waals surface area contributed by atoms with Crippen LogP contribution >= 0.6 is 0 Å². The van der Waals surface area contributed by atoms with Gasteiger partial charge in [-0.3, -0.25) is 9.59 Å². The van der Waals surface area contributed by atoms with Crippen LogP contribution in [-0.2, 0) is 21.9 Å². The van der Waals surface area contributed by atoms with Crippen molar-refractivity contribution in [2.24, 2.45) is 13.0 Å². The molecule has 0 bridgehead atoms. The molecule has 8 nitrogen and oxygen atoms in total. The molecule has 1 fully saturated rings. The third kappa shape index (κ3) is 4.21. The van der Waals surface area contributed by atoms with Crippen molar-refractivity contribution in [3.8, 4) is 0 Å². The number of nitrogens with zero attached hydrogens (tertiary/aromatic N) is 3. The molecule has 2 heterocycles. The minimum atomic E-state index is -3.61. The molecular formula is C16H25N3O5S. The van der Waals surface area contributed by atoms with E-state index >= 15 is 0 Å². The number of carboxylic acids is 1. The van der Waals surface area contributed by atoms with E-state index in [-0.39, 0.29) is 17.1 Å². The monoisotopic (exact) mass is 371 g/mol. The van der Waals surface area contributed by atoms with Crippen LogP contribution in [0.15, 0.2) is 17.2 Å². The van der Waals surface area contributed by atoms with Crippen molar-refractivity contribution in [3.05, 3.63) is 18.0 Å². The maximum atomic E-state index is 12.7. The Morgan fingerprint density at radius 1 is 1.28 bits per heavy atom. The van der Waals surface area contributed by atoms with Gasteiger partial charge in [-0.25, -0.2) is 8.42 Å². The highest BCUT2D eigenvalue weighted by molar-refractivity contribution is 7.89. The van der Waals surface area contributed by atoms with Gasteiger partial charge in [0.05, 0.1) is 5.92 Å². The summed E-state index contributed by atoms with van der Waals surface area (Å²) in [5.41, 5.74) is 0.218. The first-order valence-corrected chi connectivity index (χ1v) is 9.73. The molecule has 0 spiro atoms. The first-order chi connectivity index (χ1) is 11.6. The number of sulfonamides is 1. The van der Waals surface area contributed by atoms with Gasteiger partial charge in [0.2, 0.25) is 10.0 Å². The van der Waals surface area contributed by atoms with Crippen molar-refractivity contribution >= 4 is 21.9 Å². The lowest BCUT2D eigenvalue weighted by molar-refractivity contribution is -0.141. The molecule has 1 aliphatic rings. The Morgan fingerprint density at radius 3 is 2.44 bits per heavy atom. The Kier molecular flexibility index (Phi) is 5.89. The van der Waals surface area contributed by atoms with Crippen LogP contribution in [0.1, 0.15) is 36.7 Å². The van der Waals surface area contributed by atoms with E-state index in [0.717, 1.165) is 19.3 Å². The highest BCUT2D eigenvalue weighted by atomic mass is 32.2. The van der Waals surface area contributed by atoms with Crippen molar-refractivity contribution in [2.75, 3.05) is 26.7 Å². The molecule has 1 atom stereocenters. The lowest BCUT2D eigenvalue weighted by Gasteiger charge is -2.25. The summed E-state index contributed by atoms with van der Waals surface area (Å²) in [6.07, 6.45) is 4.14. The van der Waals surface area contributed by atoms with Gasteiger partial charge in [-0.1, -0.05) is 13.3 Å². The fourth-order valence-electron chi connectivity index (χ4n) is 2.91. The third-order valence-corrected chi connectivity index (χ3v) is 6.33. The zero-order chi connectivity index (χ0) is 18.8. The number of hydrogen-bond donors (Lipinski definition) is 1. The van der Waals surface area contributed by atoms with Crippen molar-refractivity contribution in [1.29, 1.82) is 0 Å². The number of carboxylic acid groups (broad SMARTS) is 1. The van der Waals surface area contributed by atoms with Gasteiger partial charge in [-0.2, -0.15) is 4.31 Å². The Morgan fingerprint density at radius 2 is 1.88 bits per heavy atom. The van der Waals surface area contributed by atoms with Crippen LogP contribution in [0.3, 0.4) is 0 Å². The fourth-order valence-corrected chi connectivity index (χ4v) is 4.50. The van der Waals surface area contributed by atoms with Crippen molar-refractivity contribution in [2.45, 2.75) is 31.1 Å². The number of carbonyl (C=O) groups is 2. The van der Waals surface area contributed by atoms with Gasteiger partial charge in [0.25, 0.3) is 5.91 Å². The minimum Gasteiger partial charge on any atom is -0.481 e. The lowest BCUT2D eigenvalue weighted by atomic mass is 10.1. The summed E-state index contributed by atoms with van der Waals surface area (Å²) in [5.74, 6) is -2.10. The second-order valence-electron chi connectivity index (χ2n) is 6.56. The first kappa shape index (κ1) is 19.5. The third-order valence-electron chi connectivity index (χ3n) is 4.47. The number of piperidine rings is 1. The van der Waals surface area contributed by atoms with Gasteiger partial charge < -0.3 is 14.6 Å². The summed E-state index contributed by atoms with van der Waals surface area (Å²) in [4.78, 5) is 24.9. The molecule has 1 saturated heterocycles. The highest BCUT2D eigenvalue weighted by Gasteiger charge is 2.29. The van der Waals surface area contributed by atoms with E-state index in [1.54, 1.807) is 7.05 Å². The minimum absolute atomic E-state index is 0.0492. The molecule has 0 aliphatic carbocycles. The van der Waals surface area contributed by atoms with Crippen molar-refractivity contribution in [1.82, 2.24) is 13.8 Å². The summed E-state index contributed by atoms with van der Waals surface area (Å²) in [7, 11) is -0.496. The molecule has 1 aromatic heterocycles. The summed E-state index contributed by atoms with van der Waals surface area (Å²) in [5, 5.41) is 8.96. The summed E-state index contributed by atoms with van der Waals surface area (Å²) >= 11 is 0. The predicted molar refractivity (Wildman–Crippen MR) is 91.8 cm³/mol. The van der Waals surface area contributed by atoms with E-state index in [9.17, 15) is 18.0 Å². The molecule has 1 amide bonds. The molecule has 2 rings (SSSR count). The van der Waals surface area contributed by atoms with Gasteiger partial charge in [-0.15, -0.1) is 0 Å². The molecule has 9 heteroatoms. The lowest BCUT2D eigenvalue weighted by Crippen LogP contribution is -2.35. The highest BCUT2D eigenvalue weighted by Crippen LogP contribution is 2.22. The number of aryl methyl sites for hydroxylation is 1. The smallest absolute Gasteiger partial charge is 0.308 e. The molecule has 1 N–H and O–H groups in total. The molecule has 25 heavy (non-hydrogen) atoms. The number of aliphatic carboxylic acids is 1. The number of carbonyl (C=O) groups excluding carboxylic acids is 1. The molecule has 0 aromatic carbocycles. The van der Waals surface area contributed by atoms with Gasteiger partial charge in [-0.05, 0) is 18.9 Å². The molecular weight excluding hydrogens is 346 g/mol. The quantitative estimate of drug-likeness (QED) is 0.804. The predicted octanol–water partition coefficient (Wildman–Crippen LogP) is 0.992. The Labute approximate surface area is 148 Å². The van der Waals surface area contributed by atoms with E-state index in [4.69, 9.17) is 5.11 Å². The summed E-state index contributed by atoms with van der Waals surface area (Å²) in [6.45, 7) is 2.56. The van der Waals surface area contributed by atoms with Crippen molar-refractivity contribution < 1.29 is 23.1 Å². The summed E-state index contributed by atoms with van der Waals surface area (Å²) in [6, 6.07) is 1.37. The molecule has 0 radical (unpaired) electrons. The van der Waals surface area contributed by atoms with E-state index < -0.39 is 27.8 Å². The fraction of sp³-hybridized carbons (Fsp3) is 0.625. The molecule has 1 aliphatic heterocycles. The normalized spacial score (nSPS) is 17.2. The first-order valence-electron chi connectivity index (χ1n) is 8.29. The Hall–Kier alpha value is -1.87. The van der Waals surface area contributed by atoms with Crippen LogP contribution in [0.4, 0.5) is 0 Å². The average molecular weight is 371 g/mol. The van der Waals surface area contributed by atoms with E-state index in [2.05, 4.69) is 0 Å². The van der Waals surface area contributed by atoms with Gasteiger partial charge >= 0.3 is 5.97 Å². The van der Waals surface area contributed by atoms with E-state index in [1.165, 1.54) is 40.0 Å². The number of rotatable bonds is 6.